The van der Waals surface area contributed by atoms with Crippen molar-refractivity contribution in [1.82, 2.24) is 4.90 Å². The topological polar surface area (TPSA) is 74.7 Å². The minimum atomic E-state index is -1.10. The third-order valence-electron chi connectivity index (χ3n) is 3.85. The lowest BCUT2D eigenvalue weighted by Crippen LogP contribution is -2.38. The fourth-order valence-corrected chi connectivity index (χ4v) is 2.89. The highest BCUT2D eigenvalue weighted by Gasteiger charge is 2.40. The van der Waals surface area contributed by atoms with Gasteiger partial charge in [0.2, 0.25) is 0 Å². The molecule has 0 unspecified atom stereocenters. The summed E-state index contributed by atoms with van der Waals surface area (Å²) in [6.45, 7) is 0. The fourth-order valence-electron chi connectivity index (χ4n) is 2.89. The molecule has 0 bridgehead atoms. The third-order valence-corrected chi connectivity index (χ3v) is 3.85. The van der Waals surface area contributed by atoms with E-state index in [9.17, 15) is 14.4 Å². The van der Waals surface area contributed by atoms with E-state index in [1.807, 2.05) is 0 Å². The molecule has 1 aromatic carbocycles. The Morgan fingerprint density at radius 3 is 2.37 bits per heavy atom. The van der Waals surface area contributed by atoms with Gasteiger partial charge in [0, 0.05) is 6.04 Å². The zero-order valence-electron chi connectivity index (χ0n) is 10.3. The van der Waals surface area contributed by atoms with E-state index in [0.717, 1.165) is 25.7 Å². The molecule has 1 saturated carbocycles. The maximum Gasteiger partial charge on any atom is 0.335 e. The van der Waals surface area contributed by atoms with E-state index in [1.165, 1.54) is 23.1 Å². The molecular weight excluding hydrogens is 246 g/mol. The fraction of sp³-hybridized carbons (Fsp3) is 0.357. The van der Waals surface area contributed by atoms with Crippen molar-refractivity contribution in [3.05, 3.63) is 34.9 Å². The number of amides is 2. The zero-order valence-corrected chi connectivity index (χ0v) is 10.3. The number of rotatable bonds is 2. The zero-order chi connectivity index (χ0) is 13.6. The van der Waals surface area contributed by atoms with Crippen molar-refractivity contribution in [1.29, 1.82) is 0 Å². The van der Waals surface area contributed by atoms with Gasteiger partial charge in [-0.3, -0.25) is 14.5 Å². The predicted octanol–water partition coefficient (Wildman–Crippen LogP) is 1.92. The first-order chi connectivity index (χ1) is 9.09. The van der Waals surface area contributed by atoms with Gasteiger partial charge in [0.05, 0.1) is 16.7 Å². The first kappa shape index (κ1) is 11.9. The van der Waals surface area contributed by atoms with Crippen LogP contribution in [-0.4, -0.2) is 33.8 Å². The standard InChI is InChI=1S/C14H13NO4/c16-12-10-6-5-8(14(18)19)7-11(10)13(17)15(12)9-3-1-2-4-9/h5-7,9H,1-4H2,(H,18,19). The molecular formula is C14H13NO4. The quantitative estimate of drug-likeness (QED) is 0.823. The van der Waals surface area contributed by atoms with Crippen LogP contribution < -0.4 is 0 Å². The van der Waals surface area contributed by atoms with Crippen LogP contribution in [0.1, 0.15) is 56.8 Å². The highest BCUT2D eigenvalue weighted by Crippen LogP contribution is 2.32. The molecule has 0 atom stereocenters. The number of nitrogens with zero attached hydrogens (tertiary/aromatic N) is 1. The van der Waals surface area contributed by atoms with Crippen molar-refractivity contribution in [2.45, 2.75) is 31.7 Å². The Bertz CT molecular complexity index is 587. The van der Waals surface area contributed by atoms with Crippen LogP contribution in [0.5, 0.6) is 0 Å². The Morgan fingerprint density at radius 1 is 1.11 bits per heavy atom. The van der Waals surface area contributed by atoms with Gasteiger partial charge in [0.25, 0.3) is 11.8 Å². The molecule has 0 radical (unpaired) electrons. The molecule has 98 valence electrons. The molecule has 1 fully saturated rings. The van der Waals surface area contributed by atoms with Crippen molar-refractivity contribution in [3.63, 3.8) is 0 Å². The van der Waals surface area contributed by atoms with Gasteiger partial charge < -0.3 is 5.11 Å². The average molecular weight is 259 g/mol. The van der Waals surface area contributed by atoms with E-state index in [-0.39, 0.29) is 29.0 Å². The highest BCUT2D eigenvalue weighted by atomic mass is 16.4. The number of fused-ring (bicyclic) bond motifs is 1. The largest absolute Gasteiger partial charge is 0.478 e. The summed E-state index contributed by atoms with van der Waals surface area (Å²) >= 11 is 0. The van der Waals surface area contributed by atoms with Crippen LogP contribution in [-0.2, 0) is 0 Å². The number of hydrogen-bond acceptors (Lipinski definition) is 3. The van der Waals surface area contributed by atoms with E-state index >= 15 is 0 Å². The van der Waals surface area contributed by atoms with Gasteiger partial charge in [0.1, 0.15) is 0 Å². The maximum atomic E-state index is 12.3. The van der Waals surface area contributed by atoms with Crippen LogP contribution in [0.15, 0.2) is 18.2 Å². The van der Waals surface area contributed by atoms with Crippen LogP contribution in [0.4, 0.5) is 0 Å². The molecule has 2 aliphatic rings. The smallest absolute Gasteiger partial charge is 0.335 e. The van der Waals surface area contributed by atoms with E-state index < -0.39 is 5.97 Å². The Hall–Kier alpha value is -2.17. The molecule has 1 aliphatic carbocycles. The first-order valence-electron chi connectivity index (χ1n) is 6.35. The summed E-state index contributed by atoms with van der Waals surface area (Å²) in [5.74, 6) is -1.73. The van der Waals surface area contributed by atoms with E-state index in [2.05, 4.69) is 0 Å². The highest BCUT2D eigenvalue weighted by molar-refractivity contribution is 6.22. The summed E-state index contributed by atoms with van der Waals surface area (Å²) in [6.07, 6.45) is 3.74. The van der Waals surface area contributed by atoms with Crippen LogP contribution in [0, 0.1) is 0 Å². The van der Waals surface area contributed by atoms with Crippen LogP contribution in [0.25, 0.3) is 0 Å². The lowest BCUT2D eigenvalue weighted by Gasteiger charge is -2.21. The average Bonchev–Trinajstić information content (AvgIpc) is 2.98. The second kappa shape index (κ2) is 4.19. The first-order valence-corrected chi connectivity index (χ1v) is 6.35. The van der Waals surface area contributed by atoms with Crippen molar-refractivity contribution in [3.8, 4) is 0 Å². The monoisotopic (exact) mass is 259 g/mol. The van der Waals surface area contributed by atoms with E-state index in [0.29, 0.717) is 5.56 Å². The number of imide groups is 1. The summed E-state index contributed by atoms with van der Waals surface area (Å²) in [6, 6.07) is 4.08. The predicted molar refractivity (Wildman–Crippen MR) is 66.2 cm³/mol. The Balaban J connectivity index is 2.01. The van der Waals surface area contributed by atoms with Gasteiger partial charge in [-0.2, -0.15) is 0 Å². The van der Waals surface area contributed by atoms with Gasteiger partial charge >= 0.3 is 5.97 Å². The normalized spacial score (nSPS) is 19.1. The molecule has 2 amide bonds. The summed E-state index contributed by atoms with van der Waals surface area (Å²) in [4.78, 5) is 36.7. The maximum absolute atomic E-state index is 12.3. The Kier molecular flexibility index (Phi) is 2.62. The SMILES string of the molecule is O=C(O)c1ccc2c(c1)C(=O)N(C1CCCC1)C2=O. The second-order valence-corrected chi connectivity index (χ2v) is 4.98. The van der Waals surface area contributed by atoms with Gasteiger partial charge in [-0.1, -0.05) is 12.8 Å². The van der Waals surface area contributed by atoms with Crippen LogP contribution in [0.2, 0.25) is 0 Å². The van der Waals surface area contributed by atoms with Crippen LogP contribution >= 0.6 is 0 Å². The van der Waals surface area contributed by atoms with Gasteiger partial charge in [-0.15, -0.1) is 0 Å². The van der Waals surface area contributed by atoms with Crippen molar-refractivity contribution >= 4 is 17.8 Å². The summed E-state index contributed by atoms with van der Waals surface area (Å²) in [5.41, 5.74) is 0.576. The number of aromatic carboxylic acids is 1. The number of carbonyl (C=O) groups is 3. The van der Waals surface area contributed by atoms with Gasteiger partial charge in [-0.05, 0) is 31.0 Å². The molecule has 0 aromatic heterocycles. The van der Waals surface area contributed by atoms with Crippen LogP contribution in [0.3, 0.4) is 0 Å². The number of benzene rings is 1. The molecule has 5 nitrogen and oxygen atoms in total. The number of hydrogen-bond donors (Lipinski definition) is 1. The molecule has 1 N–H and O–H groups in total. The summed E-state index contributed by atoms with van der Waals surface area (Å²) in [5, 5.41) is 8.94. The Morgan fingerprint density at radius 2 is 1.74 bits per heavy atom. The van der Waals surface area contributed by atoms with Gasteiger partial charge in [-0.25, -0.2) is 4.79 Å². The van der Waals surface area contributed by atoms with E-state index in [1.54, 1.807) is 0 Å². The molecule has 3 rings (SSSR count). The van der Waals surface area contributed by atoms with Gasteiger partial charge in [0.15, 0.2) is 0 Å². The van der Waals surface area contributed by atoms with E-state index in [4.69, 9.17) is 5.11 Å². The molecule has 0 spiro atoms. The molecule has 1 aliphatic heterocycles. The number of carboxylic acid groups (broad SMARTS) is 1. The number of carbonyl (C=O) groups excluding carboxylic acids is 2. The second-order valence-electron chi connectivity index (χ2n) is 4.98. The third kappa shape index (κ3) is 1.73. The summed E-state index contributed by atoms with van der Waals surface area (Å²) in [7, 11) is 0. The summed E-state index contributed by atoms with van der Waals surface area (Å²) < 4.78 is 0. The Labute approximate surface area is 109 Å². The lowest BCUT2D eigenvalue weighted by molar-refractivity contribution is 0.0587. The lowest BCUT2D eigenvalue weighted by atomic mass is 10.1. The molecule has 1 aromatic rings. The van der Waals surface area contributed by atoms with Crippen molar-refractivity contribution < 1.29 is 19.5 Å². The molecule has 1 heterocycles. The number of carboxylic acids is 1. The minimum Gasteiger partial charge on any atom is -0.478 e. The molecule has 19 heavy (non-hydrogen) atoms. The molecule has 5 heteroatoms. The molecule has 0 saturated heterocycles. The van der Waals surface area contributed by atoms with Crippen molar-refractivity contribution in [2.75, 3.05) is 0 Å². The van der Waals surface area contributed by atoms with Crippen molar-refractivity contribution in [2.24, 2.45) is 0 Å². The minimum absolute atomic E-state index is 0.0271.